The fraction of sp³-hybridized carbons (Fsp3) is 0.953. The van der Waals surface area contributed by atoms with Crippen LogP contribution in [0, 0.1) is 17.8 Å². The van der Waals surface area contributed by atoms with Crippen molar-refractivity contribution in [3.8, 4) is 0 Å². The lowest BCUT2D eigenvalue weighted by atomic mass is 9.99. The predicted molar refractivity (Wildman–Crippen MR) is 428 cm³/mol. The normalized spacial score (nSPS) is 14.4. The van der Waals surface area contributed by atoms with E-state index < -0.39 is 97.5 Å². The van der Waals surface area contributed by atoms with Gasteiger partial charge in [0.25, 0.3) is 0 Å². The van der Waals surface area contributed by atoms with Crippen LogP contribution >= 0.6 is 15.6 Å². The second-order valence-corrected chi connectivity index (χ2v) is 34.4. The molecule has 0 aliphatic heterocycles. The highest BCUT2D eigenvalue weighted by atomic mass is 31.2. The van der Waals surface area contributed by atoms with Crippen molar-refractivity contribution in [1.29, 1.82) is 0 Å². The molecule has 0 aromatic heterocycles. The highest BCUT2D eigenvalue weighted by Gasteiger charge is 2.30. The summed E-state index contributed by atoms with van der Waals surface area (Å²) in [5.41, 5.74) is 0. The number of ether oxygens (including phenoxy) is 4. The van der Waals surface area contributed by atoms with E-state index in [9.17, 15) is 43.2 Å². The largest absolute Gasteiger partial charge is 0.472 e. The molecule has 0 fully saturated rings. The van der Waals surface area contributed by atoms with Gasteiger partial charge in [0.05, 0.1) is 26.4 Å². The maximum absolute atomic E-state index is 13.1. The summed E-state index contributed by atoms with van der Waals surface area (Å²) in [4.78, 5) is 73.2. The van der Waals surface area contributed by atoms with E-state index in [0.29, 0.717) is 25.7 Å². The number of rotatable bonds is 83. The quantitative estimate of drug-likeness (QED) is 0.0222. The zero-order chi connectivity index (χ0) is 76.5. The molecule has 0 heterocycles. The van der Waals surface area contributed by atoms with Gasteiger partial charge in [-0.3, -0.25) is 37.3 Å². The second-order valence-electron chi connectivity index (χ2n) is 31.5. The number of aliphatic hydroxyl groups is 1. The van der Waals surface area contributed by atoms with E-state index in [2.05, 4.69) is 48.5 Å². The smallest absolute Gasteiger partial charge is 0.462 e. The molecule has 0 aliphatic carbocycles. The number of esters is 4. The third-order valence-electron chi connectivity index (χ3n) is 20.6. The van der Waals surface area contributed by atoms with Gasteiger partial charge >= 0.3 is 39.5 Å². The summed E-state index contributed by atoms with van der Waals surface area (Å²) in [6.45, 7) is 12.0. The van der Waals surface area contributed by atoms with Gasteiger partial charge in [-0.15, -0.1) is 0 Å². The van der Waals surface area contributed by atoms with E-state index in [0.717, 1.165) is 108 Å². The summed E-state index contributed by atoms with van der Waals surface area (Å²) in [5, 5.41) is 10.7. The average Bonchev–Trinajstić information content (AvgIpc) is 0.902. The summed E-state index contributed by atoms with van der Waals surface area (Å²) in [7, 11) is -9.93. The van der Waals surface area contributed by atoms with Crippen LogP contribution in [0.1, 0.15) is 447 Å². The number of phosphoric ester groups is 2. The molecule has 0 aromatic rings. The first-order chi connectivity index (χ1) is 50.3. The molecule has 0 amide bonds. The lowest BCUT2D eigenvalue weighted by Gasteiger charge is -2.21. The van der Waals surface area contributed by atoms with Gasteiger partial charge in [0.2, 0.25) is 0 Å². The molecular formula is C85H166O17P2. The second kappa shape index (κ2) is 75.1. The molecule has 0 saturated heterocycles. The zero-order valence-electron chi connectivity index (χ0n) is 68.5. The number of hydrogen-bond donors (Lipinski definition) is 3. The monoisotopic (exact) mass is 1520 g/mol. The van der Waals surface area contributed by atoms with E-state index in [-0.39, 0.29) is 25.7 Å². The van der Waals surface area contributed by atoms with Gasteiger partial charge < -0.3 is 33.8 Å². The van der Waals surface area contributed by atoms with Crippen molar-refractivity contribution in [3.05, 3.63) is 0 Å². The van der Waals surface area contributed by atoms with E-state index in [4.69, 9.17) is 37.0 Å². The Balaban J connectivity index is 5.24. The Labute approximate surface area is 638 Å². The maximum Gasteiger partial charge on any atom is 0.472 e. The zero-order valence-corrected chi connectivity index (χ0v) is 70.3. The molecule has 0 radical (unpaired) electrons. The lowest BCUT2D eigenvalue weighted by Crippen LogP contribution is -2.30. The van der Waals surface area contributed by atoms with Crippen LogP contribution in [0.15, 0.2) is 0 Å². The van der Waals surface area contributed by atoms with Crippen LogP contribution in [0.2, 0.25) is 0 Å². The van der Waals surface area contributed by atoms with Gasteiger partial charge in [-0.05, 0) is 43.4 Å². The molecule has 17 nitrogen and oxygen atoms in total. The van der Waals surface area contributed by atoms with Crippen LogP contribution in [0.25, 0.3) is 0 Å². The van der Waals surface area contributed by atoms with Crippen LogP contribution in [-0.2, 0) is 65.4 Å². The third-order valence-corrected chi connectivity index (χ3v) is 22.5. The molecule has 0 rings (SSSR count). The predicted octanol–water partition coefficient (Wildman–Crippen LogP) is 25.7. The first-order valence-electron chi connectivity index (χ1n) is 43.9. The molecule has 19 heteroatoms. The minimum absolute atomic E-state index is 0.106. The molecular weight excluding hydrogens is 1350 g/mol. The molecule has 0 aromatic carbocycles. The molecule has 0 bridgehead atoms. The molecule has 104 heavy (non-hydrogen) atoms. The van der Waals surface area contributed by atoms with Gasteiger partial charge in [-0.2, -0.15) is 0 Å². The summed E-state index contributed by atoms with van der Waals surface area (Å²) < 4.78 is 68.9. The van der Waals surface area contributed by atoms with Crippen LogP contribution in [0.4, 0.5) is 0 Å². The van der Waals surface area contributed by atoms with Crippen LogP contribution < -0.4 is 0 Å². The molecule has 0 saturated carbocycles. The molecule has 0 spiro atoms. The van der Waals surface area contributed by atoms with Crippen LogP contribution in [0.3, 0.4) is 0 Å². The Kier molecular flexibility index (Phi) is 73.7. The third kappa shape index (κ3) is 75.5. The minimum atomic E-state index is -4.97. The van der Waals surface area contributed by atoms with Gasteiger partial charge in [0.15, 0.2) is 12.2 Å². The Morgan fingerprint density at radius 3 is 0.731 bits per heavy atom. The molecule has 4 unspecified atom stereocenters. The van der Waals surface area contributed by atoms with Gasteiger partial charge in [0.1, 0.15) is 19.3 Å². The summed E-state index contributed by atoms with van der Waals surface area (Å²) in [6, 6.07) is 0. The highest BCUT2D eigenvalue weighted by Crippen LogP contribution is 2.45. The van der Waals surface area contributed by atoms with Crippen molar-refractivity contribution in [2.24, 2.45) is 17.8 Å². The van der Waals surface area contributed by atoms with E-state index >= 15 is 0 Å². The average molecular weight is 1520 g/mol. The van der Waals surface area contributed by atoms with E-state index in [1.807, 2.05) is 0 Å². The number of phosphoric acid groups is 2. The van der Waals surface area contributed by atoms with Crippen LogP contribution in [0.5, 0.6) is 0 Å². The Morgan fingerprint density at radius 1 is 0.279 bits per heavy atom. The molecule has 618 valence electrons. The molecule has 0 aliphatic rings. The van der Waals surface area contributed by atoms with Crippen molar-refractivity contribution in [2.75, 3.05) is 39.6 Å². The fourth-order valence-electron chi connectivity index (χ4n) is 13.1. The summed E-state index contributed by atoms with van der Waals surface area (Å²) in [6.07, 6.45) is 65.1. The number of hydrogen-bond acceptors (Lipinski definition) is 15. The van der Waals surface area contributed by atoms with Crippen molar-refractivity contribution < 1.29 is 80.2 Å². The summed E-state index contributed by atoms with van der Waals surface area (Å²) >= 11 is 0. The maximum atomic E-state index is 13.1. The first kappa shape index (κ1) is 102. The number of unbranched alkanes of at least 4 members (excludes halogenated alkanes) is 49. The first-order valence-corrected chi connectivity index (χ1v) is 46.9. The number of aliphatic hydroxyl groups excluding tert-OH is 1. The van der Waals surface area contributed by atoms with Crippen molar-refractivity contribution in [1.82, 2.24) is 0 Å². The van der Waals surface area contributed by atoms with Gasteiger partial charge in [-0.25, -0.2) is 9.13 Å². The Morgan fingerprint density at radius 2 is 0.490 bits per heavy atom. The molecule has 3 N–H and O–H groups in total. The van der Waals surface area contributed by atoms with Gasteiger partial charge in [0, 0.05) is 25.7 Å². The Bertz CT molecular complexity index is 2010. The van der Waals surface area contributed by atoms with E-state index in [1.54, 1.807) is 0 Å². The number of carbonyl (C=O) groups is 4. The van der Waals surface area contributed by atoms with Crippen molar-refractivity contribution in [2.45, 2.75) is 465 Å². The van der Waals surface area contributed by atoms with Crippen molar-refractivity contribution >= 4 is 39.5 Å². The lowest BCUT2D eigenvalue weighted by molar-refractivity contribution is -0.161. The number of carbonyl (C=O) groups excluding carboxylic acids is 4. The van der Waals surface area contributed by atoms with Crippen molar-refractivity contribution in [3.63, 3.8) is 0 Å². The standard InChI is InChI=1S/C85H166O17P2/c1-8-11-12-13-14-15-16-17-18-24-27-32-37-45-52-59-66-82(87)95-72-80(101-84(89)68-61-54-47-38-33-28-25-22-20-19-21-23-26-31-36-43-50-57-64-77(6)9-2)74-99-103(91,92)97-70-79(86)71-98-104(93,94)100-75-81(73-96-83(88)67-60-53-46-41-40-44-51-58-65-78(7)10-3)102-85(90)69-62-55-48-39-34-29-30-35-42-49-56-63-76(4)5/h76-81,86H,8-75H2,1-7H3,(H,91,92)(H,93,94)/t77?,78?,79-,80-,81-/m1/s1. The topological polar surface area (TPSA) is 237 Å². The SMILES string of the molecule is CCCCCCCCCCCCCCCCCCC(=O)OC[C@H](COP(=O)(O)OC[C@@H](O)COP(=O)(O)OC[C@@H](COC(=O)CCCCCCCCCCC(C)CC)OC(=O)CCCCCCCCCCCCCC(C)C)OC(=O)CCCCCCCCCCCCCCCCCCCCC(C)CC. The Hall–Kier alpha value is -1.94. The summed E-state index contributed by atoms with van der Waals surface area (Å²) in [5.74, 6) is 0.308. The van der Waals surface area contributed by atoms with Crippen LogP contribution in [-0.4, -0.2) is 96.7 Å². The highest BCUT2D eigenvalue weighted by molar-refractivity contribution is 7.47. The van der Waals surface area contributed by atoms with Gasteiger partial charge in [-0.1, -0.05) is 395 Å². The fourth-order valence-corrected chi connectivity index (χ4v) is 14.7. The molecule has 7 atom stereocenters. The van der Waals surface area contributed by atoms with E-state index in [1.165, 1.54) is 257 Å². The minimum Gasteiger partial charge on any atom is -0.462 e.